The minimum atomic E-state index is -0.275. The molecule has 2 heterocycles. The monoisotopic (exact) mass is 427 g/mol. The molecule has 8 heteroatoms. The fourth-order valence-electron chi connectivity index (χ4n) is 4.60. The number of aromatic nitrogens is 4. The fraction of sp³-hybridized carbons (Fsp3) is 0.250. The first kappa shape index (κ1) is 20.0. The molecule has 2 bridgehead atoms. The van der Waals surface area contributed by atoms with Crippen LogP contribution in [0.5, 0.6) is 0 Å². The molecule has 1 saturated carbocycles. The molecule has 1 fully saturated rings. The average Bonchev–Trinajstić information content (AvgIpc) is 3.49. The highest BCUT2D eigenvalue weighted by atomic mass is 16.1. The van der Waals surface area contributed by atoms with E-state index in [1.54, 1.807) is 0 Å². The summed E-state index contributed by atoms with van der Waals surface area (Å²) in [7, 11) is 0. The molecule has 5 N–H and O–H groups in total. The van der Waals surface area contributed by atoms with E-state index in [1.807, 2.05) is 61.5 Å². The molecule has 2 aliphatic carbocycles. The standard InChI is InChI=1S/C24H25N7O/c1-14-11-21(31-30-14)28-19-13-20(27-18(26-19)10-7-15-5-3-2-4-6-15)29-23-17-9-8-16(12-17)22(23)24(25)32/h2-11,13,16-17,22-23H,12H2,1H3,(H2,25,32)(H3,26,27,28,29,30,31). The lowest BCUT2D eigenvalue weighted by Gasteiger charge is -2.27. The number of H-pyrrole nitrogens is 1. The number of aromatic amines is 1. The van der Waals surface area contributed by atoms with Crippen LogP contribution in [0.25, 0.3) is 12.2 Å². The Kier molecular flexibility index (Phi) is 5.18. The lowest BCUT2D eigenvalue weighted by molar-refractivity contribution is -0.122. The van der Waals surface area contributed by atoms with E-state index in [2.05, 4.69) is 43.0 Å². The van der Waals surface area contributed by atoms with Gasteiger partial charge in [0.15, 0.2) is 11.6 Å². The predicted molar refractivity (Wildman–Crippen MR) is 125 cm³/mol. The van der Waals surface area contributed by atoms with Crippen molar-refractivity contribution < 1.29 is 4.79 Å². The van der Waals surface area contributed by atoms with Gasteiger partial charge in [0.25, 0.3) is 0 Å². The zero-order valence-electron chi connectivity index (χ0n) is 17.7. The second kappa shape index (κ2) is 8.30. The Bertz CT molecular complexity index is 1180. The lowest BCUT2D eigenvalue weighted by Crippen LogP contribution is -2.41. The first-order valence-electron chi connectivity index (χ1n) is 10.7. The number of hydrogen-bond donors (Lipinski definition) is 4. The number of primary amides is 1. The third-order valence-corrected chi connectivity index (χ3v) is 6.03. The number of anilines is 3. The molecule has 0 radical (unpaired) electrons. The SMILES string of the molecule is Cc1cc(Nc2cc(NC3C4C=CC(C4)C3C(N)=O)nc(C=Cc3ccccc3)n2)n[nH]1. The van der Waals surface area contributed by atoms with Crippen molar-refractivity contribution in [2.75, 3.05) is 10.6 Å². The number of nitrogens with zero attached hydrogens (tertiary/aromatic N) is 3. The van der Waals surface area contributed by atoms with E-state index in [9.17, 15) is 4.79 Å². The number of allylic oxidation sites excluding steroid dienone is 1. The van der Waals surface area contributed by atoms with Crippen LogP contribution in [-0.2, 0) is 4.79 Å². The van der Waals surface area contributed by atoms with Crippen molar-refractivity contribution in [3.05, 3.63) is 71.7 Å². The molecule has 1 aromatic carbocycles. The first-order chi connectivity index (χ1) is 15.5. The first-order valence-corrected chi connectivity index (χ1v) is 10.7. The average molecular weight is 428 g/mol. The van der Waals surface area contributed by atoms with Gasteiger partial charge in [0.2, 0.25) is 5.91 Å². The van der Waals surface area contributed by atoms with Gasteiger partial charge >= 0.3 is 0 Å². The summed E-state index contributed by atoms with van der Waals surface area (Å²) in [6.45, 7) is 1.94. The summed E-state index contributed by atoms with van der Waals surface area (Å²) < 4.78 is 0. The van der Waals surface area contributed by atoms with Gasteiger partial charge in [-0.1, -0.05) is 48.6 Å². The minimum absolute atomic E-state index is 0.0798. The van der Waals surface area contributed by atoms with Crippen LogP contribution in [0.2, 0.25) is 0 Å². The predicted octanol–water partition coefficient (Wildman–Crippen LogP) is 3.51. The Morgan fingerprint density at radius 2 is 1.84 bits per heavy atom. The van der Waals surface area contributed by atoms with Crippen molar-refractivity contribution in [1.29, 1.82) is 0 Å². The molecule has 32 heavy (non-hydrogen) atoms. The maximum Gasteiger partial charge on any atom is 0.223 e. The van der Waals surface area contributed by atoms with Crippen LogP contribution in [0.4, 0.5) is 17.5 Å². The van der Waals surface area contributed by atoms with Gasteiger partial charge in [0, 0.05) is 23.9 Å². The molecule has 162 valence electrons. The molecule has 0 aliphatic heterocycles. The summed E-state index contributed by atoms with van der Waals surface area (Å²) in [6.07, 6.45) is 9.06. The summed E-state index contributed by atoms with van der Waals surface area (Å²) >= 11 is 0. The Balaban J connectivity index is 1.45. The highest BCUT2D eigenvalue weighted by Gasteiger charge is 2.47. The van der Waals surface area contributed by atoms with Gasteiger partial charge in [-0.3, -0.25) is 9.89 Å². The summed E-state index contributed by atoms with van der Waals surface area (Å²) in [5.74, 6) is 2.40. The van der Waals surface area contributed by atoms with Gasteiger partial charge in [-0.25, -0.2) is 9.97 Å². The summed E-state index contributed by atoms with van der Waals surface area (Å²) in [5.41, 5.74) is 7.72. The zero-order chi connectivity index (χ0) is 22.1. The molecule has 0 saturated heterocycles. The smallest absolute Gasteiger partial charge is 0.223 e. The van der Waals surface area contributed by atoms with Crippen LogP contribution in [0, 0.1) is 24.7 Å². The lowest BCUT2D eigenvalue weighted by atomic mass is 9.88. The number of benzene rings is 1. The van der Waals surface area contributed by atoms with Gasteiger partial charge in [0.1, 0.15) is 11.6 Å². The maximum absolute atomic E-state index is 12.1. The van der Waals surface area contributed by atoms with Crippen molar-refractivity contribution in [3.8, 4) is 0 Å². The number of nitrogens with two attached hydrogens (primary N) is 1. The summed E-state index contributed by atoms with van der Waals surface area (Å²) in [4.78, 5) is 21.4. The number of carbonyl (C=O) groups excluding carboxylic acids is 1. The Morgan fingerprint density at radius 1 is 1.06 bits per heavy atom. The molecule has 5 rings (SSSR count). The van der Waals surface area contributed by atoms with Crippen molar-refractivity contribution >= 4 is 35.5 Å². The van der Waals surface area contributed by atoms with Crippen LogP contribution < -0.4 is 16.4 Å². The molecule has 4 atom stereocenters. The number of fused-ring (bicyclic) bond motifs is 2. The number of aryl methyl sites for hydroxylation is 1. The maximum atomic E-state index is 12.1. The summed E-state index contributed by atoms with van der Waals surface area (Å²) in [5, 5.41) is 13.8. The van der Waals surface area contributed by atoms with Gasteiger partial charge in [0.05, 0.1) is 5.92 Å². The number of nitrogens with one attached hydrogen (secondary N) is 3. The van der Waals surface area contributed by atoms with E-state index in [1.165, 1.54) is 0 Å². The van der Waals surface area contributed by atoms with Crippen molar-refractivity contribution in [2.45, 2.75) is 19.4 Å². The van der Waals surface area contributed by atoms with Crippen LogP contribution in [0.3, 0.4) is 0 Å². The van der Waals surface area contributed by atoms with Crippen molar-refractivity contribution in [3.63, 3.8) is 0 Å². The number of carbonyl (C=O) groups is 1. The molecule has 4 unspecified atom stereocenters. The fourth-order valence-corrected chi connectivity index (χ4v) is 4.60. The van der Waals surface area contributed by atoms with Crippen molar-refractivity contribution in [2.24, 2.45) is 23.5 Å². The van der Waals surface area contributed by atoms with Gasteiger partial charge in [-0.15, -0.1) is 0 Å². The second-order valence-electron chi connectivity index (χ2n) is 8.35. The number of hydrogen-bond acceptors (Lipinski definition) is 6. The Morgan fingerprint density at radius 3 is 2.59 bits per heavy atom. The largest absolute Gasteiger partial charge is 0.369 e. The number of rotatable bonds is 7. The number of amides is 1. The van der Waals surface area contributed by atoms with E-state index in [0.29, 0.717) is 23.3 Å². The zero-order valence-corrected chi connectivity index (χ0v) is 17.7. The van der Waals surface area contributed by atoms with E-state index < -0.39 is 0 Å². The highest BCUT2D eigenvalue weighted by Crippen LogP contribution is 2.44. The normalized spacial score (nSPS) is 23.7. The van der Waals surface area contributed by atoms with Crippen molar-refractivity contribution in [1.82, 2.24) is 20.2 Å². The van der Waals surface area contributed by atoms with Crippen LogP contribution in [-0.4, -0.2) is 32.1 Å². The molecular formula is C24H25N7O. The Hall–Kier alpha value is -3.94. The molecule has 3 aromatic rings. The molecule has 2 aromatic heterocycles. The van der Waals surface area contributed by atoms with E-state index >= 15 is 0 Å². The molecule has 2 aliphatic rings. The highest BCUT2D eigenvalue weighted by molar-refractivity contribution is 5.80. The summed E-state index contributed by atoms with van der Waals surface area (Å²) in [6, 6.07) is 13.6. The second-order valence-corrected chi connectivity index (χ2v) is 8.35. The minimum Gasteiger partial charge on any atom is -0.369 e. The third-order valence-electron chi connectivity index (χ3n) is 6.03. The van der Waals surface area contributed by atoms with Gasteiger partial charge < -0.3 is 16.4 Å². The van der Waals surface area contributed by atoms with E-state index in [4.69, 9.17) is 5.73 Å². The van der Waals surface area contributed by atoms with Gasteiger partial charge in [-0.05, 0) is 36.8 Å². The molecule has 0 spiro atoms. The van der Waals surface area contributed by atoms with E-state index in [-0.39, 0.29) is 29.7 Å². The van der Waals surface area contributed by atoms with Crippen LogP contribution >= 0.6 is 0 Å². The third kappa shape index (κ3) is 4.12. The molecule has 1 amide bonds. The topological polar surface area (TPSA) is 122 Å². The van der Waals surface area contributed by atoms with E-state index in [0.717, 1.165) is 17.7 Å². The Labute approximate surface area is 186 Å². The van der Waals surface area contributed by atoms with Gasteiger partial charge in [-0.2, -0.15) is 5.10 Å². The quantitative estimate of drug-likeness (QED) is 0.428. The van der Waals surface area contributed by atoms with Crippen LogP contribution in [0.15, 0.2) is 54.6 Å². The van der Waals surface area contributed by atoms with Crippen LogP contribution in [0.1, 0.15) is 23.5 Å². The molecule has 8 nitrogen and oxygen atoms in total. The molecular weight excluding hydrogens is 402 g/mol.